The maximum Gasteiger partial charge on any atom is 0.272 e. The molecular formula is C17H18N4O3S. The van der Waals surface area contributed by atoms with Crippen molar-refractivity contribution < 1.29 is 13.2 Å². The summed E-state index contributed by atoms with van der Waals surface area (Å²) >= 11 is 0. The summed E-state index contributed by atoms with van der Waals surface area (Å²) in [6.07, 6.45) is 0. The molecule has 0 saturated heterocycles. The average Bonchev–Trinajstić information content (AvgIpc) is 2.97. The number of carbonyl (C=O) groups excluding carboxylic acids is 1. The highest BCUT2D eigenvalue weighted by atomic mass is 32.2. The van der Waals surface area contributed by atoms with Gasteiger partial charge in [0.1, 0.15) is 0 Å². The lowest BCUT2D eigenvalue weighted by Gasteiger charge is -2.14. The number of hydrogen-bond acceptors (Lipinski definition) is 4. The molecule has 0 spiro atoms. The summed E-state index contributed by atoms with van der Waals surface area (Å²) in [5.41, 5.74) is 2.92. The van der Waals surface area contributed by atoms with Gasteiger partial charge in [0.2, 0.25) is 10.0 Å². The monoisotopic (exact) mass is 358 g/mol. The molecule has 130 valence electrons. The fourth-order valence-electron chi connectivity index (χ4n) is 2.60. The van der Waals surface area contributed by atoms with Crippen LogP contribution in [0.25, 0.3) is 10.9 Å². The number of nitrogens with one attached hydrogen (secondary N) is 2. The van der Waals surface area contributed by atoms with Gasteiger partial charge in [0.15, 0.2) is 5.69 Å². The summed E-state index contributed by atoms with van der Waals surface area (Å²) in [7, 11) is -3.73. The second-order valence-electron chi connectivity index (χ2n) is 5.93. The van der Waals surface area contributed by atoms with Crippen molar-refractivity contribution >= 4 is 26.8 Å². The third-order valence-electron chi connectivity index (χ3n) is 3.99. The van der Waals surface area contributed by atoms with E-state index in [4.69, 9.17) is 5.14 Å². The number of sulfonamides is 1. The van der Waals surface area contributed by atoms with Crippen molar-refractivity contribution in [3.8, 4) is 0 Å². The van der Waals surface area contributed by atoms with E-state index < -0.39 is 10.0 Å². The van der Waals surface area contributed by atoms with Crippen LogP contribution in [-0.4, -0.2) is 24.5 Å². The van der Waals surface area contributed by atoms with Crippen molar-refractivity contribution in [3.05, 3.63) is 59.3 Å². The van der Waals surface area contributed by atoms with Crippen LogP contribution in [-0.2, 0) is 10.0 Å². The molecule has 0 saturated carbocycles. The van der Waals surface area contributed by atoms with Gasteiger partial charge in [-0.25, -0.2) is 13.6 Å². The Morgan fingerprint density at radius 1 is 1.20 bits per heavy atom. The Morgan fingerprint density at radius 2 is 1.88 bits per heavy atom. The SMILES string of the molecule is Cc1ccc2[nH]nc(C(=O)NC(C)c3ccc(S(N)(=O)=O)cc3)c2c1. The number of aryl methyl sites for hydroxylation is 1. The van der Waals surface area contributed by atoms with Crippen LogP contribution in [0.15, 0.2) is 47.4 Å². The molecule has 0 aliphatic heterocycles. The number of carbonyl (C=O) groups is 1. The predicted molar refractivity (Wildman–Crippen MR) is 94.5 cm³/mol. The molecule has 0 fully saturated rings. The van der Waals surface area contributed by atoms with Crippen LogP contribution in [0.4, 0.5) is 0 Å². The molecule has 0 bridgehead atoms. The molecule has 0 aliphatic rings. The van der Waals surface area contributed by atoms with Crippen molar-refractivity contribution in [1.29, 1.82) is 0 Å². The molecular weight excluding hydrogens is 340 g/mol. The summed E-state index contributed by atoms with van der Waals surface area (Å²) in [6.45, 7) is 3.76. The zero-order valence-electron chi connectivity index (χ0n) is 13.8. The molecule has 0 radical (unpaired) electrons. The fraction of sp³-hybridized carbons (Fsp3) is 0.176. The number of rotatable bonds is 4. The first-order chi connectivity index (χ1) is 11.8. The predicted octanol–water partition coefficient (Wildman–Crippen LogP) is 2.01. The third-order valence-corrected chi connectivity index (χ3v) is 4.92. The molecule has 1 aromatic heterocycles. The van der Waals surface area contributed by atoms with Crippen molar-refractivity contribution in [2.45, 2.75) is 24.8 Å². The minimum atomic E-state index is -3.73. The van der Waals surface area contributed by atoms with Gasteiger partial charge in [-0.15, -0.1) is 0 Å². The summed E-state index contributed by atoms with van der Waals surface area (Å²) in [5.74, 6) is -0.306. The number of nitrogens with two attached hydrogens (primary N) is 1. The molecule has 7 nitrogen and oxygen atoms in total. The van der Waals surface area contributed by atoms with E-state index in [0.29, 0.717) is 5.69 Å². The number of fused-ring (bicyclic) bond motifs is 1. The summed E-state index contributed by atoms with van der Waals surface area (Å²) in [4.78, 5) is 12.6. The lowest BCUT2D eigenvalue weighted by atomic mass is 10.1. The summed E-state index contributed by atoms with van der Waals surface area (Å²) < 4.78 is 22.6. The van der Waals surface area contributed by atoms with Crippen molar-refractivity contribution in [2.75, 3.05) is 0 Å². The van der Waals surface area contributed by atoms with Crippen LogP contribution in [0.1, 0.15) is 34.6 Å². The van der Waals surface area contributed by atoms with Gasteiger partial charge in [-0.05, 0) is 43.7 Å². The van der Waals surface area contributed by atoms with E-state index in [1.54, 1.807) is 12.1 Å². The Morgan fingerprint density at radius 3 is 2.52 bits per heavy atom. The van der Waals surface area contributed by atoms with Crippen LogP contribution >= 0.6 is 0 Å². The number of amides is 1. The van der Waals surface area contributed by atoms with Crippen molar-refractivity contribution in [1.82, 2.24) is 15.5 Å². The molecule has 3 rings (SSSR count). The second-order valence-corrected chi connectivity index (χ2v) is 7.49. The number of benzene rings is 2. The zero-order chi connectivity index (χ0) is 18.2. The highest BCUT2D eigenvalue weighted by Crippen LogP contribution is 2.20. The normalized spacial score (nSPS) is 12.9. The second kappa shape index (κ2) is 6.30. The van der Waals surface area contributed by atoms with Crippen LogP contribution in [0.2, 0.25) is 0 Å². The maximum atomic E-state index is 12.5. The Bertz CT molecular complexity index is 1040. The van der Waals surface area contributed by atoms with Crippen LogP contribution in [0.5, 0.6) is 0 Å². The minimum absolute atomic E-state index is 0.0311. The lowest BCUT2D eigenvalue weighted by Crippen LogP contribution is -2.27. The summed E-state index contributed by atoms with van der Waals surface area (Å²) in [5, 5.41) is 15.6. The Hall–Kier alpha value is -2.71. The first-order valence-electron chi connectivity index (χ1n) is 7.64. The van der Waals surface area contributed by atoms with Gasteiger partial charge in [0.25, 0.3) is 5.91 Å². The van der Waals surface area contributed by atoms with Crippen LogP contribution in [0, 0.1) is 6.92 Å². The minimum Gasteiger partial charge on any atom is -0.344 e. The zero-order valence-corrected chi connectivity index (χ0v) is 14.6. The quantitative estimate of drug-likeness (QED) is 0.661. The van der Waals surface area contributed by atoms with E-state index in [1.165, 1.54) is 12.1 Å². The number of aromatic nitrogens is 2. The van der Waals surface area contributed by atoms with Gasteiger partial charge in [-0.3, -0.25) is 9.89 Å². The van der Waals surface area contributed by atoms with Gasteiger partial charge in [0, 0.05) is 5.39 Å². The third kappa shape index (κ3) is 3.54. The average molecular weight is 358 g/mol. The smallest absolute Gasteiger partial charge is 0.272 e. The first-order valence-corrected chi connectivity index (χ1v) is 9.18. The summed E-state index contributed by atoms with van der Waals surface area (Å²) in [6, 6.07) is 11.5. The number of primary sulfonamides is 1. The Balaban J connectivity index is 1.81. The van der Waals surface area contributed by atoms with Crippen LogP contribution in [0.3, 0.4) is 0 Å². The van der Waals surface area contributed by atoms with Gasteiger partial charge in [0.05, 0.1) is 16.5 Å². The number of H-pyrrole nitrogens is 1. The largest absolute Gasteiger partial charge is 0.344 e. The maximum absolute atomic E-state index is 12.5. The molecule has 1 amide bonds. The van der Waals surface area contributed by atoms with E-state index in [2.05, 4.69) is 15.5 Å². The van der Waals surface area contributed by atoms with E-state index in [0.717, 1.165) is 22.0 Å². The topological polar surface area (TPSA) is 118 Å². The Labute approximate surface area is 145 Å². The number of aromatic amines is 1. The number of hydrogen-bond donors (Lipinski definition) is 3. The molecule has 1 heterocycles. The first kappa shape index (κ1) is 17.1. The van der Waals surface area contributed by atoms with E-state index in [1.807, 2.05) is 32.0 Å². The lowest BCUT2D eigenvalue weighted by molar-refractivity contribution is 0.0936. The van der Waals surface area contributed by atoms with Crippen molar-refractivity contribution in [2.24, 2.45) is 5.14 Å². The van der Waals surface area contributed by atoms with Gasteiger partial charge >= 0.3 is 0 Å². The molecule has 1 atom stereocenters. The molecule has 2 aromatic carbocycles. The molecule has 4 N–H and O–H groups in total. The fourth-order valence-corrected chi connectivity index (χ4v) is 3.11. The van der Waals surface area contributed by atoms with Gasteiger partial charge < -0.3 is 5.32 Å². The van der Waals surface area contributed by atoms with Crippen molar-refractivity contribution in [3.63, 3.8) is 0 Å². The standard InChI is InChI=1S/C17H18N4O3S/c1-10-3-8-15-14(9-10)16(21-20-15)17(22)19-11(2)12-4-6-13(7-5-12)25(18,23)24/h3-9,11H,1-2H3,(H,19,22)(H,20,21)(H2,18,23,24). The van der Waals surface area contributed by atoms with E-state index in [9.17, 15) is 13.2 Å². The molecule has 8 heteroatoms. The molecule has 25 heavy (non-hydrogen) atoms. The number of nitrogens with zero attached hydrogens (tertiary/aromatic N) is 1. The highest BCUT2D eigenvalue weighted by Gasteiger charge is 2.17. The van der Waals surface area contributed by atoms with Gasteiger partial charge in [-0.2, -0.15) is 5.10 Å². The van der Waals surface area contributed by atoms with Crippen LogP contribution < -0.4 is 10.5 Å². The van der Waals surface area contributed by atoms with E-state index >= 15 is 0 Å². The highest BCUT2D eigenvalue weighted by molar-refractivity contribution is 7.89. The molecule has 0 aliphatic carbocycles. The Kier molecular flexibility index (Phi) is 4.32. The molecule has 1 unspecified atom stereocenters. The van der Waals surface area contributed by atoms with Gasteiger partial charge in [-0.1, -0.05) is 23.8 Å². The van der Waals surface area contributed by atoms with E-state index in [-0.39, 0.29) is 16.8 Å². The molecule has 3 aromatic rings.